The second-order valence-electron chi connectivity index (χ2n) is 5.35. The van der Waals surface area contributed by atoms with Gasteiger partial charge in [-0.2, -0.15) is 11.3 Å². The highest BCUT2D eigenvalue weighted by molar-refractivity contribution is 14.1. The van der Waals surface area contributed by atoms with E-state index in [4.69, 9.17) is 4.98 Å². The number of hydrogen-bond acceptors (Lipinski definition) is 4. The minimum atomic E-state index is 0.00834. The van der Waals surface area contributed by atoms with Crippen LogP contribution >= 0.6 is 33.9 Å². The lowest BCUT2D eigenvalue weighted by molar-refractivity contribution is 0.564. The maximum atomic E-state index is 4.78. The molecule has 0 aromatic carbocycles. The van der Waals surface area contributed by atoms with E-state index < -0.39 is 0 Å². The minimum Gasteiger partial charge on any atom is -0.369 e. The smallest absolute Gasteiger partial charge is 0.162 e. The van der Waals surface area contributed by atoms with Gasteiger partial charge in [-0.05, 0) is 41.0 Å². The van der Waals surface area contributed by atoms with E-state index in [0.717, 1.165) is 33.0 Å². The molecule has 0 amide bonds. The Morgan fingerprint density at radius 3 is 2.58 bits per heavy atom. The van der Waals surface area contributed by atoms with Crippen molar-refractivity contribution in [2.45, 2.75) is 33.1 Å². The third-order valence-corrected chi connectivity index (χ3v) is 4.39. The maximum absolute atomic E-state index is 4.78. The zero-order valence-corrected chi connectivity index (χ0v) is 14.6. The summed E-state index contributed by atoms with van der Waals surface area (Å²) in [4.78, 5) is 9.43. The summed E-state index contributed by atoms with van der Waals surface area (Å²) in [5.41, 5.74) is 2.19. The highest BCUT2D eigenvalue weighted by Gasteiger charge is 2.23. The number of rotatable bonds is 3. The quantitative estimate of drug-likeness (QED) is 0.786. The summed E-state index contributed by atoms with van der Waals surface area (Å²) in [5, 5.41) is 7.48. The zero-order valence-electron chi connectivity index (χ0n) is 11.6. The fraction of sp³-hybridized carbons (Fsp3) is 0.429. The van der Waals surface area contributed by atoms with Crippen LogP contribution in [0.2, 0.25) is 0 Å². The van der Waals surface area contributed by atoms with Crippen LogP contribution in [0.4, 0.5) is 5.82 Å². The molecule has 0 saturated carbocycles. The summed E-state index contributed by atoms with van der Waals surface area (Å²) < 4.78 is 1.12. The normalized spacial score (nSPS) is 11.6. The van der Waals surface area contributed by atoms with Gasteiger partial charge in [0.25, 0.3) is 0 Å². The fourth-order valence-corrected chi connectivity index (χ4v) is 3.62. The molecule has 0 aliphatic carbocycles. The second kappa shape index (κ2) is 5.75. The van der Waals surface area contributed by atoms with E-state index in [1.165, 1.54) is 0 Å². The first-order valence-electron chi connectivity index (χ1n) is 6.28. The molecule has 2 heterocycles. The van der Waals surface area contributed by atoms with E-state index in [0.29, 0.717) is 0 Å². The average Bonchev–Trinajstić information content (AvgIpc) is 2.84. The van der Waals surface area contributed by atoms with Gasteiger partial charge in [-0.15, -0.1) is 0 Å². The summed E-state index contributed by atoms with van der Waals surface area (Å²) in [6.45, 7) is 9.50. The van der Waals surface area contributed by atoms with Crippen LogP contribution in [0.5, 0.6) is 0 Å². The van der Waals surface area contributed by atoms with Gasteiger partial charge >= 0.3 is 0 Å². The molecule has 1 N–H and O–H groups in total. The van der Waals surface area contributed by atoms with Gasteiger partial charge < -0.3 is 5.32 Å². The first kappa shape index (κ1) is 14.7. The molecule has 0 bridgehead atoms. The lowest BCUT2D eigenvalue weighted by Gasteiger charge is -2.22. The average molecular weight is 387 g/mol. The molecular weight excluding hydrogens is 369 g/mol. The lowest BCUT2D eigenvalue weighted by atomic mass is 9.92. The Bertz CT molecular complexity index is 559. The number of halogens is 1. The minimum absolute atomic E-state index is 0.00834. The van der Waals surface area contributed by atoms with Crippen molar-refractivity contribution in [1.82, 2.24) is 9.97 Å². The summed E-state index contributed by atoms with van der Waals surface area (Å²) in [5.74, 6) is 1.74. The van der Waals surface area contributed by atoms with Crippen molar-refractivity contribution in [2.75, 3.05) is 11.9 Å². The number of hydrogen-bond donors (Lipinski definition) is 1. The second-order valence-corrected chi connectivity index (χ2v) is 7.21. The van der Waals surface area contributed by atoms with Gasteiger partial charge in [-0.3, -0.25) is 0 Å². The highest BCUT2D eigenvalue weighted by atomic mass is 127. The predicted octanol–water partition coefficient (Wildman–Crippen LogP) is 4.54. The largest absolute Gasteiger partial charge is 0.369 e. The number of thiophene rings is 1. The Hall–Kier alpha value is -0.690. The molecule has 0 atom stereocenters. The topological polar surface area (TPSA) is 37.8 Å². The van der Waals surface area contributed by atoms with Crippen LogP contribution in [0, 0.1) is 3.57 Å². The van der Waals surface area contributed by atoms with E-state index >= 15 is 0 Å². The van der Waals surface area contributed by atoms with Gasteiger partial charge in [0.05, 0.1) is 9.26 Å². The van der Waals surface area contributed by atoms with Gasteiger partial charge in [-0.25, -0.2) is 9.97 Å². The summed E-state index contributed by atoms with van der Waals surface area (Å²) >= 11 is 4.01. The first-order chi connectivity index (χ1) is 8.93. The number of nitrogens with zero attached hydrogens (tertiary/aromatic N) is 2. The molecule has 2 aromatic heterocycles. The monoisotopic (exact) mass is 387 g/mol. The molecule has 0 aliphatic rings. The summed E-state index contributed by atoms with van der Waals surface area (Å²) in [6.07, 6.45) is 0. The molecule has 3 nitrogen and oxygen atoms in total. The molecule has 19 heavy (non-hydrogen) atoms. The Morgan fingerprint density at radius 2 is 2.05 bits per heavy atom. The van der Waals surface area contributed by atoms with Crippen molar-refractivity contribution in [1.29, 1.82) is 0 Å². The van der Waals surface area contributed by atoms with Crippen LogP contribution in [-0.4, -0.2) is 16.5 Å². The number of aromatic nitrogens is 2. The van der Waals surface area contributed by atoms with E-state index in [9.17, 15) is 0 Å². The van der Waals surface area contributed by atoms with E-state index in [1.54, 1.807) is 11.3 Å². The van der Waals surface area contributed by atoms with Crippen molar-refractivity contribution < 1.29 is 0 Å². The van der Waals surface area contributed by atoms with Crippen molar-refractivity contribution in [3.8, 4) is 11.4 Å². The van der Waals surface area contributed by atoms with Crippen LogP contribution < -0.4 is 5.32 Å². The molecule has 0 spiro atoms. The third-order valence-electron chi connectivity index (χ3n) is 2.69. The Balaban J connectivity index is 2.61. The van der Waals surface area contributed by atoms with Gasteiger partial charge in [0, 0.05) is 22.9 Å². The Labute approximate surface area is 132 Å². The predicted molar refractivity (Wildman–Crippen MR) is 90.9 cm³/mol. The summed E-state index contributed by atoms with van der Waals surface area (Å²) in [6, 6.07) is 2.06. The third kappa shape index (κ3) is 3.25. The molecule has 0 aliphatic heterocycles. The van der Waals surface area contributed by atoms with Crippen molar-refractivity contribution in [3.05, 3.63) is 26.1 Å². The van der Waals surface area contributed by atoms with E-state index in [1.807, 2.05) is 0 Å². The first-order valence-corrected chi connectivity index (χ1v) is 8.30. The lowest BCUT2D eigenvalue weighted by Crippen LogP contribution is -2.19. The molecule has 2 aromatic rings. The number of nitrogens with one attached hydrogen (secondary N) is 1. The van der Waals surface area contributed by atoms with Crippen molar-refractivity contribution in [3.63, 3.8) is 0 Å². The van der Waals surface area contributed by atoms with Crippen molar-refractivity contribution in [2.24, 2.45) is 0 Å². The molecule has 0 unspecified atom stereocenters. The van der Waals surface area contributed by atoms with Crippen LogP contribution in [0.15, 0.2) is 16.8 Å². The van der Waals surface area contributed by atoms with Crippen LogP contribution in [0.3, 0.4) is 0 Å². The van der Waals surface area contributed by atoms with Crippen LogP contribution in [-0.2, 0) is 5.41 Å². The molecule has 0 saturated heterocycles. The Morgan fingerprint density at radius 1 is 1.32 bits per heavy atom. The Kier molecular flexibility index (Phi) is 4.45. The van der Waals surface area contributed by atoms with Gasteiger partial charge in [-0.1, -0.05) is 20.8 Å². The maximum Gasteiger partial charge on any atom is 0.162 e. The fourth-order valence-electron chi connectivity index (χ4n) is 1.75. The molecule has 0 radical (unpaired) electrons. The van der Waals surface area contributed by atoms with Gasteiger partial charge in [0.1, 0.15) is 5.82 Å². The highest BCUT2D eigenvalue weighted by Crippen LogP contribution is 2.32. The van der Waals surface area contributed by atoms with Gasteiger partial charge in [0.2, 0.25) is 0 Å². The van der Waals surface area contributed by atoms with Crippen molar-refractivity contribution >= 4 is 39.7 Å². The molecule has 0 fully saturated rings. The SMILES string of the molecule is CCNc1nc(-c2ccsc2)nc(C(C)(C)C)c1I. The molecule has 2 rings (SSSR count). The van der Waals surface area contributed by atoms with Crippen LogP contribution in [0.25, 0.3) is 11.4 Å². The zero-order chi connectivity index (χ0) is 14.0. The van der Waals surface area contributed by atoms with E-state index in [2.05, 4.69) is 77.4 Å². The molecular formula is C14H18IN3S. The summed E-state index contributed by atoms with van der Waals surface area (Å²) in [7, 11) is 0. The number of anilines is 1. The van der Waals surface area contributed by atoms with E-state index in [-0.39, 0.29) is 5.41 Å². The van der Waals surface area contributed by atoms with Gasteiger partial charge in [0.15, 0.2) is 5.82 Å². The molecule has 102 valence electrons. The standard InChI is InChI=1S/C14H18IN3S/c1-5-16-13-10(15)11(14(2,3)4)17-12(18-13)9-6-7-19-8-9/h6-8H,5H2,1-4H3,(H,16,17,18). The molecule has 5 heteroatoms. The van der Waals surface area contributed by atoms with Crippen LogP contribution in [0.1, 0.15) is 33.4 Å².